The van der Waals surface area contributed by atoms with Gasteiger partial charge in [0, 0.05) is 5.56 Å². The van der Waals surface area contributed by atoms with Gasteiger partial charge in [0.1, 0.15) is 5.75 Å². The molecule has 0 saturated carbocycles. The van der Waals surface area contributed by atoms with Gasteiger partial charge in [-0.15, -0.1) is 0 Å². The molecular weight excluding hydrogens is 244 g/mol. The van der Waals surface area contributed by atoms with E-state index in [4.69, 9.17) is 4.74 Å². The molecule has 0 saturated heterocycles. The van der Waals surface area contributed by atoms with Crippen LogP contribution in [0.3, 0.4) is 0 Å². The van der Waals surface area contributed by atoms with Gasteiger partial charge in [-0.1, -0.05) is 72.8 Å². The zero-order chi connectivity index (χ0) is 13.8. The molecule has 3 aromatic carbocycles. The Morgan fingerprint density at radius 2 is 1.35 bits per heavy atom. The Bertz CT molecular complexity index is 751. The van der Waals surface area contributed by atoms with E-state index in [1.54, 1.807) is 7.11 Å². The monoisotopic (exact) mass is 260 g/mol. The minimum absolute atomic E-state index is 0.893. The van der Waals surface area contributed by atoms with Crippen molar-refractivity contribution in [2.45, 2.75) is 0 Å². The molecule has 0 bridgehead atoms. The Kier molecular flexibility index (Phi) is 3.51. The summed E-state index contributed by atoms with van der Waals surface area (Å²) in [5.74, 6) is 0.893. The van der Waals surface area contributed by atoms with E-state index in [2.05, 4.69) is 60.7 Å². The molecule has 3 aromatic rings. The van der Waals surface area contributed by atoms with Crippen molar-refractivity contribution in [1.82, 2.24) is 0 Å². The van der Waals surface area contributed by atoms with Gasteiger partial charge in [0.25, 0.3) is 0 Å². The van der Waals surface area contributed by atoms with Gasteiger partial charge in [-0.25, -0.2) is 0 Å². The zero-order valence-corrected chi connectivity index (χ0v) is 11.4. The minimum atomic E-state index is 0.893. The van der Waals surface area contributed by atoms with Crippen LogP contribution in [-0.2, 0) is 0 Å². The highest BCUT2D eigenvalue weighted by Gasteiger charge is 1.99. The summed E-state index contributed by atoms with van der Waals surface area (Å²) in [5.41, 5.74) is 2.30. The minimum Gasteiger partial charge on any atom is -0.496 e. The maximum atomic E-state index is 5.37. The predicted molar refractivity (Wildman–Crippen MR) is 85.9 cm³/mol. The summed E-state index contributed by atoms with van der Waals surface area (Å²) < 4.78 is 5.37. The molecular formula is C19H16O. The van der Waals surface area contributed by atoms with Crippen molar-refractivity contribution < 1.29 is 4.74 Å². The maximum Gasteiger partial charge on any atom is 0.126 e. The standard InChI is InChI=1S/C19H16O/c1-20-19-12-5-3-8-17(19)14-13-16-10-6-9-15-7-2-4-11-18(15)16/h2-14H,1H3/b14-13+. The van der Waals surface area contributed by atoms with E-state index < -0.39 is 0 Å². The molecule has 0 amide bonds. The fourth-order valence-corrected chi connectivity index (χ4v) is 2.38. The van der Waals surface area contributed by atoms with Gasteiger partial charge in [-0.3, -0.25) is 0 Å². The second-order valence-corrected chi connectivity index (χ2v) is 4.64. The molecule has 0 N–H and O–H groups in total. The summed E-state index contributed by atoms with van der Waals surface area (Å²) in [6.07, 6.45) is 4.24. The van der Waals surface area contributed by atoms with Crippen LogP contribution in [0.25, 0.3) is 22.9 Å². The average molecular weight is 260 g/mol. The van der Waals surface area contributed by atoms with E-state index in [0.717, 1.165) is 11.3 Å². The molecule has 0 heterocycles. The van der Waals surface area contributed by atoms with E-state index >= 15 is 0 Å². The maximum absolute atomic E-state index is 5.37. The number of fused-ring (bicyclic) bond motifs is 1. The van der Waals surface area contributed by atoms with Crippen LogP contribution in [0.2, 0.25) is 0 Å². The third-order valence-corrected chi connectivity index (χ3v) is 3.40. The van der Waals surface area contributed by atoms with Crippen LogP contribution >= 0.6 is 0 Å². The molecule has 3 rings (SSSR count). The van der Waals surface area contributed by atoms with Crippen molar-refractivity contribution >= 4 is 22.9 Å². The van der Waals surface area contributed by atoms with Gasteiger partial charge in [-0.05, 0) is 22.4 Å². The van der Waals surface area contributed by atoms with Crippen LogP contribution < -0.4 is 4.74 Å². The first kappa shape index (κ1) is 12.5. The molecule has 0 radical (unpaired) electrons. The van der Waals surface area contributed by atoms with Crippen molar-refractivity contribution in [3.63, 3.8) is 0 Å². The third-order valence-electron chi connectivity index (χ3n) is 3.40. The van der Waals surface area contributed by atoms with Gasteiger partial charge in [0.2, 0.25) is 0 Å². The van der Waals surface area contributed by atoms with Gasteiger partial charge in [0.15, 0.2) is 0 Å². The van der Waals surface area contributed by atoms with Gasteiger partial charge in [-0.2, -0.15) is 0 Å². The van der Waals surface area contributed by atoms with Gasteiger partial charge in [0.05, 0.1) is 7.11 Å². The third kappa shape index (κ3) is 2.43. The molecule has 0 unspecified atom stereocenters. The first-order valence-electron chi connectivity index (χ1n) is 6.67. The predicted octanol–water partition coefficient (Wildman–Crippen LogP) is 5.02. The number of hydrogen-bond donors (Lipinski definition) is 0. The smallest absolute Gasteiger partial charge is 0.126 e. The van der Waals surface area contributed by atoms with E-state index in [1.165, 1.54) is 16.3 Å². The quantitative estimate of drug-likeness (QED) is 0.601. The van der Waals surface area contributed by atoms with Crippen LogP contribution in [0.15, 0.2) is 66.7 Å². The highest BCUT2D eigenvalue weighted by molar-refractivity contribution is 5.93. The van der Waals surface area contributed by atoms with Crippen LogP contribution in [0.5, 0.6) is 5.75 Å². The van der Waals surface area contributed by atoms with Gasteiger partial charge >= 0.3 is 0 Å². The van der Waals surface area contributed by atoms with Crippen molar-refractivity contribution in [2.24, 2.45) is 0 Å². The number of ether oxygens (including phenoxy) is 1. The van der Waals surface area contributed by atoms with Crippen LogP contribution in [0.4, 0.5) is 0 Å². The van der Waals surface area contributed by atoms with Crippen LogP contribution in [0.1, 0.15) is 11.1 Å². The van der Waals surface area contributed by atoms with E-state index in [1.807, 2.05) is 18.2 Å². The van der Waals surface area contributed by atoms with Crippen molar-refractivity contribution in [3.8, 4) is 5.75 Å². The topological polar surface area (TPSA) is 9.23 Å². The Labute approximate surface area is 119 Å². The number of benzene rings is 3. The molecule has 0 aromatic heterocycles. The Hall–Kier alpha value is -2.54. The fourth-order valence-electron chi connectivity index (χ4n) is 2.38. The highest BCUT2D eigenvalue weighted by Crippen LogP contribution is 2.23. The van der Waals surface area contributed by atoms with Gasteiger partial charge < -0.3 is 4.74 Å². The van der Waals surface area contributed by atoms with E-state index in [0.29, 0.717) is 0 Å². The first-order valence-corrected chi connectivity index (χ1v) is 6.67. The fraction of sp³-hybridized carbons (Fsp3) is 0.0526. The number of methoxy groups -OCH3 is 1. The average Bonchev–Trinajstić information content (AvgIpc) is 2.53. The summed E-state index contributed by atoms with van der Waals surface area (Å²) in [4.78, 5) is 0. The van der Waals surface area contributed by atoms with Crippen LogP contribution in [-0.4, -0.2) is 7.11 Å². The molecule has 0 fully saturated rings. The lowest BCUT2D eigenvalue weighted by molar-refractivity contribution is 0.414. The first-order chi connectivity index (χ1) is 9.88. The lowest BCUT2D eigenvalue weighted by Crippen LogP contribution is -1.85. The second-order valence-electron chi connectivity index (χ2n) is 4.64. The SMILES string of the molecule is COc1ccccc1/C=C/c1cccc2ccccc12. The lowest BCUT2D eigenvalue weighted by atomic mass is 10.0. The molecule has 0 aliphatic carbocycles. The Morgan fingerprint density at radius 3 is 2.25 bits per heavy atom. The highest BCUT2D eigenvalue weighted by atomic mass is 16.5. The lowest BCUT2D eigenvalue weighted by Gasteiger charge is -2.04. The van der Waals surface area contributed by atoms with E-state index in [9.17, 15) is 0 Å². The van der Waals surface area contributed by atoms with Crippen molar-refractivity contribution in [3.05, 3.63) is 77.9 Å². The summed E-state index contributed by atoms with van der Waals surface area (Å²) in [7, 11) is 1.70. The molecule has 1 nitrogen and oxygen atoms in total. The molecule has 0 spiro atoms. The molecule has 1 heteroatoms. The van der Waals surface area contributed by atoms with Crippen molar-refractivity contribution in [1.29, 1.82) is 0 Å². The second kappa shape index (κ2) is 5.62. The molecule has 20 heavy (non-hydrogen) atoms. The van der Waals surface area contributed by atoms with Crippen LogP contribution in [0, 0.1) is 0 Å². The molecule has 0 aliphatic heterocycles. The van der Waals surface area contributed by atoms with Crippen molar-refractivity contribution in [2.75, 3.05) is 7.11 Å². The van der Waals surface area contributed by atoms with E-state index in [-0.39, 0.29) is 0 Å². The molecule has 98 valence electrons. The number of para-hydroxylation sites is 1. The number of hydrogen-bond acceptors (Lipinski definition) is 1. The summed E-state index contributed by atoms with van der Waals surface area (Å²) in [6.45, 7) is 0. The molecule has 0 atom stereocenters. The zero-order valence-electron chi connectivity index (χ0n) is 11.4. The largest absolute Gasteiger partial charge is 0.496 e. The molecule has 0 aliphatic rings. The summed E-state index contributed by atoms with van der Waals surface area (Å²) in [6, 6.07) is 22.8. The Morgan fingerprint density at radius 1 is 0.700 bits per heavy atom. The Balaban J connectivity index is 2.03. The summed E-state index contributed by atoms with van der Waals surface area (Å²) in [5, 5.41) is 2.52. The summed E-state index contributed by atoms with van der Waals surface area (Å²) >= 11 is 0. The number of rotatable bonds is 3. The normalized spacial score (nSPS) is 11.1.